The van der Waals surface area contributed by atoms with Crippen LogP contribution in [0.5, 0.6) is 5.75 Å². The van der Waals surface area contributed by atoms with Crippen LogP contribution in [-0.2, 0) is 16.0 Å². The van der Waals surface area contributed by atoms with Crippen LogP contribution in [0.4, 0.5) is 0 Å². The van der Waals surface area contributed by atoms with E-state index in [4.69, 9.17) is 9.47 Å². The molecular weight excluding hydrogens is 430 g/mol. The summed E-state index contributed by atoms with van der Waals surface area (Å²) < 4.78 is 12.1. The Kier molecular flexibility index (Phi) is 6.98. The van der Waals surface area contributed by atoms with Gasteiger partial charge in [0.05, 0.1) is 12.7 Å². The molecule has 3 aromatic carbocycles. The number of benzene rings is 3. The van der Waals surface area contributed by atoms with E-state index in [1.165, 1.54) is 7.11 Å². The highest BCUT2D eigenvalue weighted by Crippen LogP contribution is 2.22. The monoisotopic (exact) mass is 453 g/mol. The topological polar surface area (TPSA) is 74.6 Å². The third-order valence-corrected chi connectivity index (χ3v) is 5.42. The number of ether oxygens (including phenoxy) is 2. The van der Waals surface area contributed by atoms with Gasteiger partial charge in [-0.25, -0.2) is 9.59 Å². The Morgan fingerprint density at radius 2 is 1.38 bits per heavy atom. The van der Waals surface area contributed by atoms with Crippen LogP contribution in [0.3, 0.4) is 0 Å². The lowest BCUT2D eigenvalue weighted by Crippen LogP contribution is -2.22. The van der Waals surface area contributed by atoms with Crippen LogP contribution in [0, 0.1) is 0 Å². The Bertz CT molecular complexity index is 1280. The average Bonchev–Trinajstić information content (AvgIpc) is 3.38. The Morgan fingerprint density at radius 1 is 0.765 bits per heavy atom. The van der Waals surface area contributed by atoms with Crippen molar-refractivity contribution in [3.8, 4) is 5.75 Å². The lowest BCUT2D eigenvalue weighted by atomic mass is 10.1. The highest BCUT2D eigenvalue weighted by molar-refractivity contribution is 6.08. The summed E-state index contributed by atoms with van der Waals surface area (Å²) in [6.07, 6.45) is 3.70. The quantitative estimate of drug-likeness (QED) is 0.216. The second kappa shape index (κ2) is 10.4. The predicted octanol–water partition coefficient (Wildman–Crippen LogP) is 4.90. The zero-order valence-electron chi connectivity index (χ0n) is 18.6. The van der Waals surface area contributed by atoms with Gasteiger partial charge in [0.2, 0.25) is 0 Å². The highest BCUT2D eigenvalue weighted by atomic mass is 16.5. The number of rotatable bonds is 8. The molecule has 34 heavy (non-hydrogen) atoms. The molecule has 0 bridgehead atoms. The van der Waals surface area contributed by atoms with Crippen molar-refractivity contribution in [3.63, 3.8) is 0 Å². The van der Waals surface area contributed by atoms with Gasteiger partial charge in [0.25, 0.3) is 0 Å². The van der Waals surface area contributed by atoms with Crippen molar-refractivity contribution in [1.29, 1.82) is 0 Å². The Morgan fingerprint density at radius 3 is 2.00 bits per heavy atom. The first kappa shape index (κ1) is 22.7. The van der Waals surface area contributed by atoms with Gasteiger partial charge in [-0.15, -0.1) is 0 Å². The summed E-state index contributed by atoms with van der Waals surface area (Å²) in [5.74, 6) is -0.575. The Hall–Kier alpha value is -4.45. The first-order chi connectivity index (χ1) is 16.5. The molecule has 1 unspecified atom stereocenters. The Balaban J connectivity index is 1.48. The Labute approximate surface area is 197 Å². The van der Waals surface area contributed by atoms with E-state index in [-0.39, 0.29) is 5.78 Å². The predicted molar refractivity (Wildman–Crippen MR) is 127 cm³/mol. The van der Waals surface area contributed by atoms with Crippen molar-refractivity contribution in [3.05, 3.63) is 126 Å². The number of aromatic nitrogens is 1. The van der Waals surface area contributed by atoms with Crippen molar-refractivity contribution in [2.45, 2.75) is 12.5 Å². The summed E-state index contributed by atoms with van der Waals surface area (Å²) >= 11 is 0. The summed E-state index contributed by atoms with van der Waals surface area (Å²) in [6.45, 7) is 0. The second-order valence-corrected chi connectivity index (χ2v) is 7.69. The molecule has 0 radical (unpaired) electrons. The molecule has 1 heterocycles. The number of hydrogen-bond donors (Lipinski definition) is 0. The zero-order chi connectivity index (χ0) is 23.9. The average molecular weight is 453 g/mol. The molecule has 4 aromatic rings. The van der Waals surface area contributed by atoms with E-state index < -0.39 is 18.0 Å². The van der Waals surface area contributed by atoms with E-state index in [1.807, 2.05) is 24.3 Å². The van der Waals surface area contributed by atoms with Gasteiger partial charge in [-0.3, -0.25) is 4.79 Å². The third-order valence-electron chi connectivity index (χ3n) is 5.42. The molecule has 0 aliphatic carbocycles. The fourth-order valence-corrected chi connectivity index (χ4v) is 3.60. The van der Waals surface area contributed by atoms with Crippen molar-refractivity contribution in [1.82, 2.24) is 4.57 Å². The van der Waals surface area contributed by atoms with Gasteiger partial charge in [-0.2, -0.15) is 0 Å². The van der Waals surface area contributed by atoms with Gasteiger partial charge in [0.1, 0.15) is 11.8 Å². The van der Waals surface area contributed by atoms with Crippen LogP contribution in [0.25, 0.3) is 0 Å². The van der Waals surface area contributed by atoms with Crippen molar-refractivity contribution in [2.24, 2.45) is 0 Å². The molecule has 0 saturated heterocycles. The van der Waals surface area contributed by atoms with Crippen LogP contribution in [0.2, 0.25) is 0 Å². The first-order valence-electron chi connectivity index (χ1n) is 10.8. The summed E-state index contributed by atoms with van der Waals surface area (Å²) in [4.78, 5) is 37.5. The van der Waals surface area contributed by atoms with E-state index in [0.717, 1.165) is 5.56 Å². The lowest BCUT2D eigenvalue weighted by molar-refractivity contribution is -0.144. The number of carbonyl (C=O) groups is 3. The van der Waals surface area contributed by atoms with Gasteiger partial charge in [0.15, 0.2) is 5.78 Å². The van der Waals surface area contributed by atoms with Crippen LogP contribution >= 0.6 is 0 Å². The van der Waals surface area contributed by atoms with E-state index in [1.54, 1.807) is 83.7 Å². The van der Waals surface area contributed by atoms with Gasteiger partial charge in [-0.1, -0.05) is 60.7 Å². The fourth-order valence-electron chi connectivity index (χ4n) is 3.60. The second-order valence-electron chi connectivity index (χ2n) is 7.69. The molecule has 0 saturated carbocycles. The molecule has 0 N–H and O–H groups in total. The third kappa shape index (κ3) is 5.30. The molecule has 6 heteroatoms. The van der Waals surface area contributed by atoms with Gasteiger partial charge < -0.3 is 14.0 Å². The molecule has 0 spiro atoms. The molecule has 4 rings (SSSR count). The molecule has 0 fully saturated rings. The van der Waals surface area contributed by atoms with Gasteiger partial charge in [-0.05, 0) is 35.9 Å². The highest BCUT2D eigenvalue weighted by Gasteiger charge is 2.23. The first-order valence-corrected chi connectivity index (χ1v) is 10.8. The maximum Gasteiger partial charge on any atom is 0.343 e. The van der Waals surface area contributed by atoms with E-state index in [2.05, 4.69) is 0 Å². The summed E-state index contributed by atoms with van der Waals surface area (Å²) in [6, 6.07) is 25.7. The van der Waals surface area contributed by atoms with Gasteiger partial charge >= 0.3 is 11.9 Å². The van der Waals surface area contributed by atoms with Gasteiger partial charge in [0, 0.05) is 29.9 Å². The van der Waals surface area contributed by atoms with Crippen LogP contribution in [0.1, 0.15) is 37.9 Å². The van der Waals surface area contributed by atoms with Crippen LogP contribution in [-0.4, -0.2) is 29.4 Å². The molecular formula is C28H23NO5. The minimum absolute atomic E-state index is 0.118. The molecule has 170 valence electrons. The van der Waals surface area contributed by atoms with Crippen LogP contribution < -0.4 is 4.74 Å². The molecule has 1 atom stereocenters. The molecule has 0 amide bonds. The maximum absolute atomic E-state index is 12.7. The summed E-state index contributed by atoms with van der Waals surface area (Å²) in [7, 11) is 1.33. The molecule has 6 nitrogen and oxygen atoms in total. The van der Waals surface area contributed by atoms with Crippen molar-refractivity contribution < 1.29 is 23.9 Å². The normalized spacial score (nSPS) is 11.4. The number of esters is 2. The number of methoxy groups -OCH3 is 1. The summed E-state index contributed by atoms with van der Waals surface area (Å²) in [5, 5.41) is 0. The van der Waals surface area contributed by atoms with Crippen molar-refractivity contribution >= 4 is 17.7 Å². The number of nitrogens with zero attached hydrogens (tertiary/aromatic N) is 1. The minimum Gasteiger partial charge on any atom is -0.467 e. The largest absolute Gasteiger partial charge is 0.467 e. The van der Waals surface area contributed by atoms with Crippen LogP contribution in [0.15, 0.2) is 103 Å². The standard InChI is InChI=1S/C28H23NO5/c1-33-28(32)25(29-17-16-23(19-29)26(30)21-8-4-2-5-9-21)18-20-12-14-24(15-13-20)34-27(31)22-10-6-3-7-11-22/h2-17,19,25H,18H2,1H3. The zero-order valence-corrected chi connectivity index (χ0v) is 18.6. The van der Waals surface area contributed by atoms with E-state index >= 15 is 0 Å². The smallest absolute Gasteiger partial charge is 0.343 e. The van der Waals surface area contributed by atoms with E-state index in [0.29, 0.717) is 28.9 Å². The molecule has 0 aliphatic rings. The van der Waals surface area contributed by atoms with E-state index in [9.17, 15) is 14.4 Å². The molecule has 0 aliphatic heterocycles. The number of ketones is 1. The lowest BCUT2D eigenvalue weighted by Gasteiger charge is -2.17. The SMILES string of the molecule is COC(=O)C(Cc1ccc(OC(=O)c2ccccc2)cc1)n1ccc(C(=O)c2ccccc2)c1. The minimum atomic E-state index is -0.653. The number of carbonyl (C=O) groups excluding carboxylic acids is 3. The fraction of sp³-hybridized carbons (Fsp3) is 0.107. The number of hydrogen-bond acceptors (Lipinski definition) is 5. The molecule has 1 aromatic heterocycles. The maximum atomic E-state index is 12.7. The summed E-state index contributed by atoms with van der Waals surface area (Å²) in [5.41, 5.74) is 2.38. The van der Waals surface area contributed by atoms with Crippen molar-refractivity contribution in [2.75, 3.05) is 7.11 Å².